The summed E-state index contributed by atoms with van der Waals surface area (Å²) < 4.78 is 4.10. The van der Waals surface area contributed by atoms with Gasteiger partial charge >= 0.3 is 0 Å². The van der Waals surface area contributed by atoms with Gasteiger partial charge in [-0.3, -0.25) is 9.48 Å². The highest BCUT2D eigenvalue weighted by Gasteiger charge is 2.14. The monoisotopic (exact) mass is 371 g/mol. The first-order chi connectivity index (χ1) is 13.8. The second-order valence-corrected chi connectivity index (χ2v) is 7.10. The maximum absolute atomic E-state index is 12.7. The number of nitrogens with one attached hydrogen (secondary N) is 2. The van der Waals surface area contributed by atoms with Crippen molar-refractivity contribution in [3.8, 4) is 0 Å². The van der Waals surface area contributed by atoms with E-state index < -0.39 is 0 Å². The van der Waals surface area contributed by atoms with E-state index in [4.69, 9.17) is 0 Å². The number of carbonyl (C=O) groups excluding carboxylic acids is 1. The lowest BCUT2D eigenvalue weighted by atomic mass is 10.2. The van der Waals surface area contributed by atoms with Crippen molar-refractivity contribution in [1.82, 2.24) is 19.7 Å². The number of anilines is 1. The number of hydrogen-bond donors (Lipinski definition) is 2. The third kappa shape index (κ3) is 3.18. The molecule has 1 amide bonds. The smallest absolute Gasteiger partial charge is 0.258 e. The minimum Gasteiger partial charge on any atom is -0.342 e. The normalized spacial score (nSPS) is 13.4. The number of nitrogens with zero attached hydrogens (tertiary/aromatic N) is 3. The molecule has 0 saturated carbocycles. The standard InChI is InChI=1S/C22H21N5O/c28-22(18-12-24-26(15-18)14-16-4-2-1-3-5-16)25-19-7-6-17-10-20-13-23-8-9-27(20)21(17)11-19/h1-7,10-12,15,23H,8-9,13-14H2,(H,25,28). The van der Waals surface area contributed by atoms with Gasteiger partial charge in [0.1, 0.15) is 0 Å². The van der Waals surface area contributed by atoms with Gasteiger partial charge in [0.2, 0.25) is 0 Å². The zero-order valence-corrected chi connectivity index (χ0v) is 15.4. The van der Waals surface area contributed by atoms with Crippen molar-refractivity contribution in [2.45, 2.75) is 19.6 Å². The Morgan fingerprint density at radius 3 is 2.93 bits per heavy atom. The van der Waals surface area contributed by atoms with Crippen LogP contribution < -0.4 is 10.6 Å². The summed E-state index contributed by atoms with van der Waals surface area (Å²) >= 11 is 0. The fourth-order valence-electron chi connectivity index (χ4n) is 3.75. The molecular formula is C22H21N5O. The molecule has 3 heterocycles. The summed E-state index contributed by atoms with van der Waals surface area (Å²) in [5.74, 6) is -0.147. The highest BCUT2D eigenvalue weighted by molar-refractivity contribution is 6.04. The quantitative estimate of drug-likeness (QED) is 0.579. The molecule has 2 aromatic heterocycles. The Bertz CT molecular complexity index is 1140. The van der Waals surface area contributed by atoms with Crippen LogP contribution in [0.3, 0.4) is 0 Å². The summed E-state index contributed by atoms with van der Waals surface area (Å²) in [5, 5.41) is 11.9. The second kappa shape index (κ2) is 6.98. The average molecular weight is 371 g/mol. The zero-order chi connectivity index (χ0) is 18.9. The van der Waals surface area contributed by atoms with Crippen LogP contribution in [0.4, 0.5) is 5.69 Å². The van der Waals surface area contributed by atoms with Crippen LogP contribution in [0.2, 0.25) is 0 Å². The summed E-state index contributed by atoms with van der Waals surface area (Å²) in [6, 6.07) is 18.4. The molecule has 1 aliphatic heterocycles. The number of aromatic nitrogens is 3. The third-order valence-corrected chi connectivity index (χ3v) is 5.15. The van der Waals surface area contributed by atoms with Crippen LogP contribution in [-0.4, -0.2) is 26.8 Å². The first-order valence-corrected chi connectivity index (χ1v) is 9.47. The van der Waals surface area contributed by atoms with Crippen LogP contribution in [0.1, 0.15) is 21.6 Å². The van der Waals surface area contributed by atoms with Crippen molar-refractivity contribution in [1.29, 1.82) is 0 Å². The van der Waals surface area contributed by atoms with Gasteiger partial charge < -0.3 is 15.2 Å². The van der Waals surface area contributed by atoms with E-state index in [0.717, 1.165) is 36.4 Å². The van der Waals surface area contributed by atoms with E-state index in [1.807, 2.05) is 36.4 Å². The molecule has 0 spiro atoms. The lowest BCUT2D eigenvalue weighted by Gasteiger charge is -2.17. The topological polar surface area (TPSA) is 63.9 Å². The van der Waals surface area contributed by atoms with Gasteiger partial charge in [-0.25, -0.2) is 0 Å². The summed E-state index contributed by atoms with van der Waals surface area (Å²) in [5.41, 5.74) is 4.95. The highest BCUT2D eigenvalue weighted by atomic mass is 16.1. The van der Waals surface area contributed by atoms with Gasteiger partial charge in [0.05, 0.1) is 23.8 Å². The van der Waals surface area contributed by atoms with Crippen LogP contribution in [0.5, 0.6) is 0 Å². The Morgan fingerprint density at radius 1 is 1.14 bits per heavy atom. The number of fused-ring (bicyclic) bond motifs is 3. The van der Waals surface area contributed by atoms with E-state index in [0.29, 0.717) is 12.1 Å². The van der Waals surface area contributed by atoms with Gasteiger partial charge in [-0.15, -0.1) is 0 Å². The van der Waals surface area contributed by atoms with Gasteiger partial charge in [-0.1, -0.05) is 36.4 Å². The zero-order valence-electron chi connectivity index (χ0n) is 15.4. The van der Waals surface area contributed by atoms with Gasteiger partial charge in [0.25, 0.3) is 5.91 Å². The van der Waals surface area contributed by atoms with Crippen LogP contribution in [0.25, 0.3) is 10.9 Å². The molecule has 2 aromatic carbocycles. The summed E-state index contributed by atoms with van der Waals surface area (Å²) in [6.45, 7) is 3.44. The molecule has 2 N–H and O–H groups in total. The number of amides is 1. The maximum atomic E-state index is 12.7. The fourth-order valence-corrected chi connectivity index (χ4v) is 3.75. The Morgan fingerprint density at radius 2 is 2.04 bits per heavy atom. The SMILES string of the molecule is O=C(Nc1ccc2cc3n(c2c1)CCNC3)c1cnn(Cc2ccccc2)c1. The molecule has 6 nitrogen and oxygen atoms in total. The van der Waals surface area contributed by atoms with E-state index in [-0.39, 0.29) is 5.91 Å². The van der Waals surface area contributed by atoms with Crippen molar-refractivity contribution in [2.75, 3.05) is 11.9 Å². The van der Waals surface area contributed by atoms with E-state index >= 15 is 0 Å². The molecule has 4 aromatic rings. The molecule has 0 bridgehead atoms. The highest BCUT2D eigenvalue weighted by Crippen LogP contribution is 2.25. The van der Waals surface area contributed by atoms with Crippen molar-refractivity contribution < 1.29 is 4.79 Å². The van der Waals surface area contributed by atoms with Crippen LogP contribution in [0, 0.1) is 0 Å². The van der Waals surface area contributed by atoms with E-state index in [2.05, 4.69) is 38.5 Å². The van der Waals surface area contributed by atoms with Crippen LogP contribution in [-0.2, 0) is 19.6 Å². The van der Waals surface area contributed by atoms with Gasteiger partial charge in [0, 0.05) is 42.6 Å². The van der Waals surface area contributed by atoms with Crippen LogP contribution >= 0.6 is 0 Å². The molecule has 6 heteroatoms. The molecule has 140 valence electrons. The molecule has 0 radical (unpaired) electrons. The molecular weight excluding hydrogens is 350 g/mol. The number of hydrogen-bond acceptors (Lipinski definition) is 3. The van der Waals surface area contributed by atoms with Crippen molar-refractivity contribution in [3.63, 3.8) is 0 Å². The molecule has 0 saturated heterocycles. The van der Waals surface area contributed by atoms with Gasteiger partial charge in [-0.2, -0.15) is 5.10 Å². The number of benzene rings is 2. The van der Waals surface area contributed by atoms with Gasteiger partial charge in [-0.05, 0) is 23.8 Å². The first kappa shape index (κ1) is 16.8. The molecule has 0 fully saturated rings. The predicted octanol–water partition coefficient (Wildman–Crippen LogP) is 3.24. The largest absolute Gasteiger partial charge is 0.342 e. The number of carbonyl (C=O) groups is 1. The van der Waals surface area contributed by atoms with Crippen molar-refractivity contribution in [2.24, 2.45) is 0 Å². The minimum absolute atomic E-state index is 0.147. The minimum atomic E-state index is -0.147. The van der Waals surface area contributed by atoms with Crippen LogP contribution in [0.15, 0.2) is 67.0 Å². The van der Waals surface area contributed by atoms with Gasteiger partial charge in [0.15, 0.2) is 0 Å². The second-order valence-electron chi connectivity index (χ2n) is 7.10. The number of rotatable bonds is 4. The van der Waals surface area contributed by atoms with Crippen molar-refractivity contribution >= 4 is 22.5 Å². The Balaban J connectivity index is 1.34. The molecule has 0 atom stereocenters. The van der Waals surface area contributed by atoms with Crippen molar-refractivity contribution in [3.05, 3.63) is 83.8 Å². The Labute approximate surface area is 162 Å². The lowest BCUT2D eigenvalue weighted by Crippen LogP contribution is -2.27. The Hall–Kier alpha value is -3.38. The Kier molecular flexibility index (Phi) is 4.18. The summed E-state index contributed by atoms with van der Waals surface area (Å²) in [6.07, 6.45) is 3.40. The lowest BCUT2D eigenvalue weighted by molar-refractivity contribution is 0.102. The van der Waals surface area contributed by atoms with E-state index in [1.54, 1.807) is 17.1 Å². The van der Waals surface area contributed by atoms with E-state index in [9.17, 15) is 4.79 Å². The van der Waals surface area contributed by atoms with E-state index in [1.165, 1.54) is 11.1 Å². The summed E-state index contributed by atoms with van der Waals surface area (Å²) in [7, 11) is 0. The third-order valence-electron chi connectivity index (χ3n) is 5.15. The molecule has 28 heavy (non-hydrogen) atoms. The predicted molar refractivity (Wildman–Crippen MR) is 109 cm³/mol. The summed E-state index contributed by atoms with van der Waals surface area (Å²) in [4.78, 5) is 12.7. The molecule has 0 unspecified atom stereocenters. The molecule has 1 aliphatic rings. The average Bonchev–Trinajstić information content (AvgIpc) is 3.33. The molecule has 0 aliphatic carbocycles. The molecule has 5 rings (SSSR count). The maximum Gasteiger partial charge on any atom is 0.258 e. The fraction of sp³-hybridized carbons (Fsp3) is 0.182. The first-order valence-electron chi connectivity index (χ1n) is 9.47.